The van der Waals surface area contributed by atoms with E-state index in [9.17, 15) is 14.0 Å². The standard InChI is InChI=1S/C63H81FN8O4S2/c64-50-24-22-46(23-25-50)49-44-54(60-57(45-49)70(61(73)75-60)30-8-6-27-66-33-38-68(39-34-66)51-15-2-1-3-16-51)48-13-10-17-52(43-48)69-40-35-67(36-41-69)28-7-9-31-72-56-20-11-18-53(59(56)76-63(72)77)47-14-12-29-65(32-26-47)37-42-71-55-19-4-5-21-58(55)78-62(71)74/h4-5,11,18-25,44-45,47-48,51-52H,1-3,6-10,12-17,26-43H2. The van der Waals surface area contributed by atoms with Crippen molar-refractivity contribution in [2.24, 2.45) is 0 Å². The lowest BCUT2D eigenvalue weighted by molar-refractivity contribution is 0.0738. The van der Waals surface area contributed by atoms with Crippen LogP contribution < -0.4 is 10.6 Å². The van der Waals surface area contributed by atoms with Gasteiger partial charge in [-0.1, -0.05) is 73.4 Å². The molecule has 0 amide bonds. The van der Waals surface area contributed by atoms with Gasteiger partial charge in [0, 0.05) is 102 Å². The summed E-state index contributed by atoms with van der Waals surface area (Å²) >= 11 is 7.24. The summed E-state index contributed by atoms with van der Waals surface area (Å²) in [6, 6.07) is 27.2. The summed E-state index contributed by atoms with van der Waals surface area (Å²) in [6.45, 7) is 16.2. The molecule has 0 N–H and O–H groups in total. The minimum Gasteiger partial charge on any atom is -0.429 e. The number of aromatic nitrogens is 3. The minimum absolute atomic E-state index is 0.130. The number of piperazine rings is 2. The highest BCUT2D eigenvalue weighted by atomic mass is 32.1. The molecule has 3 saturated heterocycles. The average molecular weight is 1100 g/mol. The first-order valence-electron chi connectivity index (χ1n) is 30.1. The van der Waals surface area contributed by atoms with Crippen LogP contribution in [0.2, 0.25) is 0 Å². The number of hydrogen-bond donors (Lipinski definition) is 0. The second kappa shape index (κ2) is 25.0. The second-order valence-corrected chi connectivity index (χ2v) is 24.9. The maximum absolute atomic E-state index is 14.2. The first kappa shape index (κ1) is 53.9. The van der Waals surface area contributed by atoms with Crippen LogP contribution in [0.1, 0.15) is 126 Å². The van der Waals surface area contributed by atoms with Gasteiger partial charge in [-0.25, -0.2) is 9.18 Å². The summed E-state index contributed by atoms with van der Waals surface area (Å²) in [5.74, 6) is 0.173. The molecule has 7 aromatic rings. The van der Waals surface area contributed by atoms with Crippen LogP contribution in [0.5, 0.6) is 0 Å². The molecular formula is C63H81FN8O4S2. The van der Waals surface area contributed by atoms with Gasteiger partial charge in [-0.2, -0.15) is 0 Å². The molecule has 78 heavy (non-hydrogen) atoms. The van der Waals surface area contributed by atoms with Crippen molar-refractivity contribution in [1.82, 2.24) is 38.2 Å². The molecule has 2 saturated carbocycles. The Morgan fingerprint density at radius 2 is 1.15 bits per heavy atom. The number of rotatable bonds is 18. The number of unbranched alkanes of at least 4 members (excludes halogenated alkanes) is 2. The maximum Gasteiger partial charge on any atom is 0.419 e. The molecule has 6 heterocycles. The molecule has 0 bridgehead atoms. The van der Waals surface area contributed by atoms with Gasteiger partial charge in [0.15, 0.2) is 11.2 Å². The molecule has 2 aliphatic carbocycles. The molecule has 416 valence electrons. The minimum atomic E-state index is -0.266. The monoisotopic (exact) mass is 1100 g/mol. The lowest BCUT2D eigenvalue weighted by Gasteiger charge is -2.42. The number of benzene rings is 4. The number of hydrogen-bond acceptors (Lipinski definition) is 11. The van der Waals surface area contributed by atoms with Gasteiger partial charge in [-0.05, 0) is 181 Å². The van der Waals surface area contributed by atoms with Crippen molar-refractivity contribution >= 4 is 56.0 Å². The van der Waals surface area contributed by atoms with E-state index in [-0.39, 0.29) is 22.4 Å². The van der Waals surface area contributed by atoms with Crippen molar-refractivity contribution in [1.29, 1.82) is 0 Å². The maximum atomic E-state index is 14.2. The van der Waals surface area contributed by atoms with Crippen LogP contribution in [0.25, 0.3) is 43.5 Å². The SMILES string of the molecule is O=c1sc2ccccc2n1CCN1CCCC(c2cccc3c2oc(=S)n3CCCCN2CCN(C3CCCC(c4cc(-c5ccc(F)cc5)cc5c4oc(=O)n5CCCCN4CCN(C5CCCCC5)CC4)C3)CC2)CC1. The van der Waals surface area contributed by atoms with Gasteiger partial charge >= 0.3 is 10.6 Å². The van der Waals surface area contributed by atoms with Crippen molar-refractivity contribution in [2.45, 2.75) is 146 Å². The summed E-state index contributed by atoms with van der Waals surface area (Å²) in [5.41, 5.74) is 9.13. The average Bonchev–Trinajstić information content (AvgIpc) is 4.20. The Labute approximate surface area is 468 Å². The number of oxazole rings is 2. The highest BCUT2D eigenvalue weighted by Gasteiger charge is 2.33. The van der Waals surface area contributed by atoms with E-state index >= 15 is 0 Å². The van der Waals surface area contributed by atoms with Gasteiger partial charge in [-0.3, -0.25) is 28.3 Å². The van der Waals surface area contributed by atoms with Gasteiger partial charge < -0.3 is 23.5 Å². The molecule has 3 atom stereocenters. The summed E-state index contributed by atoms with van der Waals surface area (Å²) in [6.07, 6.45) is 18.8. The molecule has 12 nitrogen and oxygen atoms in total. The van der Waals surface area contributed by atoms with Crippen molar-refractivity contribution < 1.29 is 13.2 Å². The van der Waals surface area contributed by atoms with Crippen molar-refractivity contribution in [3.8, 4) is 11.1 Å². The highest BCUT2D eigenvalue weighted by Crippen LogP contribution is 2.41. The van der Waals surface area contributed by atoms with E-state index < -0.39 is 0 Å². The summed E-state index contributed by atoms with van der Waals surface area (Å²) in [4.78, 5) is 40.5. The largest absolute Gasteiger partial charge is 0.429 e. The van der Waals surface area contributed by atoms with Gasteiger partial charge in [0.2, 0.25) is 0 Å². The zero-order chi connectivity index (χ0) is 53.0. The van der Waals surface area contributed by atoms with E-state index in [1.165, 1.54) is 80.6 Å². The van der Waals surface area contributed by atoms with Crippen molar-refractivity contribution in [2.75, 3.05) is 85.1 Å². The Balaban J connectivity index is 0.627. The first-order valence-corrected chi connectivity index (χ1v) is 31.3. The number of thiazole rings is 1. The third kappa shape index (κ3) is 12.1. The smallest absolute Gasteiger partial charge is 0.419 e. The number of fused-ring (bicyclic) bond motifs is 3. The number of halogens is 1. The fraction of sp³-hybridized carbons (Fsp3) is 0.571. The topological polar surface area (TPSA) is 91.4 Å². The van der Waals surface area contributed by atoms with Crippen LogP contribution in [-0.4, -0.2) is 135 Å². The highest BCUT2D eigenvalue weighted by molar-refractivity contribution is 7.71. The second-order valence-electron chi connectivity index (χ2n) is 23.6. The van der Waals surface area contributed by atoms with Crippen molar-refractivity contribution in [3.63, 3.8) is 0 Å². The van der Waals surface area contributed by atoms with Crippen LogP contribution in [0.4, 0.5) is 4.39 Å². The molecule has 0 radical (unpaired) electrons. The van der Waals surface area contributed by atoms with E-state index in [1.807, 2.05) is 39.5 Å². The van der Waals surface area contributed by atoms with Gasteiger partial charge in [0.25, 0.3) is 4.84 Å². The fourth-order valence-corrected chi connectivity index (χ4v) is 15.6. The van der Waals surface area contributed by atoms with Gasteiger partial charge in [0.1, 0.15) is 5.82 Å². The summed E-state index contributed by atoms with van der Waals surface area (Å²) in [5, 5.41) is 0. The predicted octanol–water partition coefficient (Wildman–Crippen LogP) is 12.2. The normalized spacial score (nSPS) is 22.3. The first-order chi connectivity index (χ1) is 38.3. The summed E-state index contributed by atoms with van der Waals surface area (Å²) in [7, 11) is 0. The molecule has 5 aliphatic rings. The Kier molecular flexibility index (Phi) is 17.2. The molecular weight excluding hydrogens is 1020 g/mol. The van der Waals surface area contributed by atoms with Crippen LogP contribution in [-0.2, 0) is 19.6 Å². The number of likely N-dealkylation sites (tertiary alicyclic amines) is 1. The molecule has 0 spiro atoms. The molecule has 4 aromatic carbocycles. The predicted molar refractivity (Wildman–Crippen MR) is 316 cm³/mol. The van der Waals surface area contributed by atoms with Crippen LogP contribution in [0.15, 0.2) is 97.3 Å². The van der Waals surface area contributed by atoms with Gasteiger partial charge in [-0.15, -0.1) is 0 Å². The lowest BCUT2D eigenvalue weighted by atomic mass is 9.79. The van der Waals surface area contributed by atoms with E-state index in [4.69, 9.17) is 21.1 Å². The number of para-hydroxylation sites is 2. The van der Waals surface area contributed by atoms with Crippen molar-refractivity contribution in [3.05, 3.63) is 121 Å². The van der Waals surface area contributed by atoms with Crippen LogP contribution in [0.3, 0.4) is 0 Å². The Hall–Kier alpha value is -4.74. The van der Waals surface area contributed by atoms with Gasteiger partial charge in [0.05, 0.1) is 21.3 Å². The number of nitrogens with zero attached hydrogens (tertiary/aromatic N) is 8. The van der Waals surface area contributed by atoms with E-state index in [0.29, 0.717) is 23.3 Å². The Morgan fingerprint density at radius 1 is 0.500 bits per heavy atom. The molecule has 3 aliphatic heterocycles. The Bertz CT molecular complexity index is 3300. The van der Waals surface area contributed by atoms with E-state index in [0.717, 1.165) is 204 Å². The molecule has 15 heteroatoms. The molecule has 5 fully saturated rings. The third-order valence-electron chi connectivity index (χ3n) is 18.9. The zero-order valence-corrected chi connectivity index (χ0v) is 47.5. The Morgan fingerprint density at radius 3 is 1.92 bits per heavy atom. The van der Waals surface area contributed by atoms with Crippen LogP contribution in [0, 0.1) is 10.7 Å². The number of aryl methyl sites for hydroxylation is 2. The zero-order valence-electron chi connectivity index (χ0n) is 45.8. The third-order valence-corrected chi connectivity index (χ3v) is 20.2. The van der Waals surface area contributed by atoms with E-state index in [2.05, 4.69) is 65.5 Å². The molecule has 12 rings (SSSR count). The quantitative estimate of drug-likeness (QED) is 0.0611. The fourth-order valence-electron chi connectivity index (χ4n) is 14.4. The van der Waals surface area contributed by atoms with Crippen LogP contribution >= 0.6 is 23.6 Å². The lowest BCUT2D eigenvalue weighted by Crippen LogP contribution is -2.51. The molecule has 3 unspecified atom stereocenters. The summed E-state index contributed by atoms with van der Waals surface area (Å²) < 4.78 is 34.0. The van der Waals surface area contributed by atoms with E-state index in [1.54, 1.807) is 0 Å². The molecule has 3 aromatic heterocycles.